The molecule has 0 atom stereocenters. The van der Waals surface area contributed by atoms with Gasteiger partial charge >= 0.3 is 6.03 Å². The van der Waals surface area contributed by atoms with Gasteiger partial charge in [0.2, 0.25) is 0 Å². The Hall–Kier alpha value is -2.91. The number of fused-ring (bicyclic) bond motifs is 1. The quantitative estimate of drug-likeness (QED) is 0.364. The molecule has 2 amide bonds. The van der Waals surface area contributed by atoms with Gasteiger partial charge in [0, 0.05) is 26.4 Å². The number of benzene rings is 2. The summed E-state index contributed by atoms with van der Waals surface area (Å²) in [4.78, 5) is 22.0. The van der Waals surface area contributed by atoms with Crippen LogP contribution in [0.1, 0.15) is 18.2 Å². The maximum atomic E-state index is 12.3. The normalized spacial score (nSPS) is 10.9. The van der Waals surface area contributed by atoms with Crippen LogP contribution in [0.5, 0.6) is 0 Å². The summed E-state index contributed by atoms with van der Waals surface area (Å²) in [6.07, 6.45) is 2.33. The second kappa shape index (κ2) is 8.85. The Bertz CT molecular complexity index is 1210. The van der Waals surface area contributed by atoms with Crippen molar-refractivity contribution in [2.45, 2.75) is 30.2 Å². The maximum Gasteiger partial charge on any atom is 0.323 e. The van der Waals surface area contributed by atoms with Crippen LogP contribution < -0.4 is 10.6 Å². The van der Waals surface area contributed by atoms with Gasteiger partial charge in [-0.05, 0) is 67.4 Å². The van der Waals surface area contributed by atoms with Crippen molar-refractivity contribution in [2.24, 2.45) is 0 Å². The highest BCUT2D eigenvalue weighted by molar-refractivity contribution is 9.10. The van der Waals surface area contributed by atoms with E-state index in [4.69, 9.17) is 0 Å². The molecule has 4 aromatic rings. The smallest absolute Gasteiger partial charge is 0.308 e. The van der Waals surface area contributed by atoms with Crippen LogP contribution in [0.3, 0.4) is 0 Å². The number of nitrogens with one attached hydrogen (secondary N) is 2. The molecule has 0 radical (unpaired) electrons. The molecule has 9 heteroatoms. The minimum Gasteiger partial charge on any atom is -0.308 e. The molecule has 7 nitrogen and oxygen atoms in total. The molecule has 0 saturated heterocycles. The Balaban J connectivity index is 1.43. The Morgan fingerprint density at radius 2 is 1.83 bits per heavy atom. The zero-order chi connectivity index (χ0) is 21.1. The molecule has 2 heterocycles. The van der Waals surface area contributed by atoms with Crippen molar-refractivity contribution in [3.05, 3.63) is 70.6 Å². The predicted molar refractivity (Wildman–Crippen MR) is 122 cm³/mol. The molecule has 0 saturated carbocycles. The first-order chi connectivity index (χ1) is 14.5. The topological polar surface area (TPSA) is 84.2 Å². The molecule has 2 aromatic heterocycles. The summed E-state index contributed by atoms with van der Waals surface area (Å²) in [5.74, 6) is 0.593. The number of hydrogen-bond donors (Lipinski definition) is 2. The van der Waals surface area contributed by atoms with Crippen LogP contribution in [0, 0.1) is 6.92 Å². The molecule has 0 aliphatic carbocycles. The van der Waals surface area contributed by atoms with Gasteiger partial charge in [-0.3, -0.25) is 0 Å². The second-order valence-corrected chi connectivity index (χ2v) is 8.53. The molecule has 0 aliphatic heterocycles. The Morgan fingerprint density at radius 3 is 2.57 bits per heavy atom. The van der Waals surface area contributed by atoms with E-state index in [0.717, 1.165) is 37.8 Å². The fraction of sp³-hybridized carbons (Fsp3) is 0.143. The van der Waals surface area contributed by atoms with Crippen molar-refractivity contribution in [1.82, 2.24) is 19.6 Å². The molecule has 30 heavy (non-hydrogen) atoms. The van der Waals surface area contributed by atoms with Crippen LogP contribution in [0.15, 0.2) is 69.3 Å². The summed E-state index contributed by atoms with van der Waals surface area (Å²) in [6.45, 7) is 4.04. The van der Waals surface area contributed by atoms with Gasteiger partial charge in [0.15, 0.2) is 0 Å². The van der Waals surface area contributed by atoms with E-state index in [1.54, 1.807) is 16.3 Å². The van der Waals surface area contributed by atoms with Crippen LogP contribution in [0.25, 0.3) is 5.78 Å². The number of halogens is 1. The van der Waals surface area contributed by atoms with Gasteiger partial charge in [-0.1, -0.05) is 34.6 Å². The fourth-order valence-electron chi connectivity index (χ4n) is 2.83. The van der Waals surface area contributed by atoms with Gasteiger partial charge in [0.05, 0.1) is 0 Å². The number of carbonyl (C=O) groups is 1. The van der Waals surface area contributed by atoms with Gasteiger partial charge < -0.3 is 10.6 Å². The average Bonchev–Trinajstić information content (AvgIpc) is 3.21. The highest BCUT2D eigenvalue weighted by Gasteiger charge is 2.09. The summed E-state index contributed by atoms with van der Waals surface area (Å²) in [5, 5.41) is 10.9. The zero-order valence-corrected chi connectivity index (χ0v) is 18.8. The van der Waals surface area contributed by atoms with Crippen molar-refractivity contribution in [3.8, 4) is 0 Å². The van der Waals surface area contributed by atoms with Gasteiger partial charge in [0.25, 0.3) is 5.78 Å². The van der Waals surface area contributed by atoms with Crippen LogP contribution in [-0.4, -0.2) is 25.6 Å². The van der Waals surface area contributed by atoms with Crippen molar-refractivity contribution >= 4 is 50.9 Å². The lowest BCUT2D eigenvalue weighted by Crippen LogP contribution is -2.19. The number of anilines is 2. The molecule has 0 aliphatic rings. The Kier molecular flexibility index (Phi) is 6.01. The van der Waals surface area contributed by atoms with Crippen molar-refractivity contribution in [3.63, 3.8) is 0 Å². The van der Waals surface area contributed by atoms with E-state index < -0.39 is 0 Å². The summed E-state index contributed by atoms with van der Waals surface area (Å²) in [5.41, 5.74) is 3.47. The first-order valence-corrected chi connectivity index (χ1v) is 10.9. The van der Waals surface area contributed by atoms with E-state index in [1.807, 2.05) is 55.5 Å². The third-order valence-electron chi connectivity index (χ3n) is 4.38. The minimum absolute atomic E-state index is 0.289. The number of urea groups is 1. The zero-order valence-electron chi connectivity index (χ0n) is 16.4. The lowest BCUT2D eigenvalue weighted by atomic mass is 10.2. The third kappa shape index (κ3) is 4.63. The summed E-state index contributed by atoms with van der Waals surface area (Å²) < 4.78 is 2.73. The van der Waals surface area contributed by atoms with Crippen molar-refractivity contribution in [2.75, 3.05) is 10.6 Å². The molecule has 0 fully saturated rings. The van der Waals surface area contributed by atoms with Crippen LogP contribution in [-0.2, 0) is 6.42 Å². The fourth-order valence-corrected chi connectivity index (χ4v) is 4.00. The number of aromatic nitrogens is 4. The highest BCUT2D eigenvalue weighted by Crippen LogP contribution is 2.29. The van der Waals surface area contributed by atoms with Crippen LogP contribution >= 0.6 is 27.7 Å². The molecule has 2 N–H and O–H groups in total. The number of rotatable bonds is 5. The second-order valence-electron chi connectivity index (χ2n) is 6.58. The standard InChI is InChI=1S/C21H19BrN6OS/c1-3-14-11-19(28-20(25-14)23-12-24-28)30-17-7-4-15(5-8-17)26-21(29)27-16-6-9-18(22)13(2)10-16/h4-12H,3H2,1-2H3,(H2,26,27,29). The van der Waals surface area contributed by atoms with Crippen molar-refractivity contribution < 1.29 is 4.79 Å². The van der Waals surface area contributed by atoms with Crippen molar-refractivity contribution in [1.29, 1.82) is 0 Å². The molecule has 4 rings (SSSR count). The molecular weight excluding hydrogens is 464 g/mol. The van der Waals surface area contributed by atoms with E-state index in [2.05, 4.69) is 48.6 Å². The maximum absolute atomic E-state index is 12.3. The first kappa shape index (κ1) is 20.4. The van der Waals surface area contributed by atoms with E-state index in [0.29, 0.717) is 11.5 Å². The number of amides is 2. The van der Waals surface area contributed by atoms with Gasteiger partial charge in [-0.25, -0.2) is 9.78 Å². The van der Waals surface area contributed by atoms with Gasteiger partial charge in [0.1, 0.15) is 11.4 Å². The molecule has 2 aromatic carbocycles. The van der Waals surface area contributed by atoms with E-state index >= 15 is 0 Å². The lowest BCUT2D eigenvalue weighted by Gasteiger charge is -2.10. The van der Waals surface area contributed by atoms with Crippen LogP contribution in [0.2, 0.25) is 0 Å². The Labute approximate surface area is 186 Å². The van der Waals surface area contributed by atoms with Gasteiger partial charge in [-0.15, -0.1) is 0 Å². The molecule has 0 unspecified atom stereocenters. The summed E-state index contributed by atoms with van der Waals surface area (Å²) in [6, 6.07) is 15.1. The monoisotopic (exact) mass is 482 g/mol. The summed E-state index contributed by atoms with van der Waals surface area (Å²) in [7, 11) is 0. The van der Waals surface area contributed by atoms with E-state index in [-0.39, 0.29) is 6.03 Å². The number of carbonyl (C=O) groups excluding carboxylic acids is 1. The lowest BCUT2D eigenvalue weighted by molar-refractivity contribution is 0.262. The van der Waals surface area contributed by atoms with E-state index in [9.17, 15) is 4.79 Å². The number of hydrogen-bond acceptors (Lipinski definition) is 5. The number of aryl methyl sites for hydroxylation is 2. The number of nitrogens with zero attached hydrogens (tertiary/aromatic N) is 4. The van der Waals surface area contributed by atoms with Gasteiger partial charge in [-0.2, -0.15) is 14.6 Å². The average molecular weight is 483 g/mol. The highest BCUT2D eigenvalue weighted by atomic mass is 79.9. The molecule has 0 bridgehead atoms. The third-order valence-corrected chi connectivity index (χ3v) is 6.28. The SMILES string of the molecule is CCc1cc(Sc2ccc(NC(=O)Nc3ccc(Br)c(C)c3)cc2)n2ncnc2n1. The minimum atomic E-state index is -0.289. The first-order valence-electron chi connectivity index (χ1n) is 9.33. The van der Waals surface area contributed by atoms with Crippen LogP contribution in [0.4, 0.5) is 16.2 Å². The Morgan fingerprint density at radius 1 is 1.10 bits per heavy atom. The molecule has 0 spiro atoms. The predicted octanol–water partition coefficient (Wildman–Crippen LogP) is 5.55. The molecule has 152 valence electrons. The largest absolute Gasteiger partial charge is 0.323 e. The molecular formula is C21H19BrN6OS. The van der Waals surface area contributed by atoms with E-state index in [1.165, 1.54) is 6.33 Å². The summed E-state index contributed by atoms with van der Waals surface area (Å²) >= 11 is 5.03.